The first-order valence-corrected chi connectivity index (χ1v) is 8.58. The van der Waals surface area contributed by atoms with Crippen molar-refractivity contribution in [3.8, 4) is 0 Å². The number of amides is 1. The molecule has 1 aromatic heterocycles. The number of hydrogen-bond acceptors (Lipinski definition) is 4. The zero-order valence-corrected chi connectivity index (χ0v) is 14.1. The molecule has 1 amide bonds. The molecule has 2 fully saturated rings. The molecule has 2 atom stereocenters. The summed E-state index contributed by atoms with van der Waals surface area (Å²) >= 11 is 0. The molecule has 23 heavy (non-hydrogen) atoms. The fourth-order valence-electron chi connectivity index (χ4n) is 3.00. The Kier molecular flexibility index (Phi) is 5.18. The number of furan rings is 1. The van der Waals surface area contributed by atoms with E-state index in [0.29, 0.717) is 12.5 Å². The van der Waals surface area contributed by atoms with Gasteiger partial charge < -0.3 is 14.6 Å². The van der Waals surface area contributed by atoms with Gasteiger partial charge in [-0.15, -0.1) is 0 Å². The van der Waals surface area contributed by atoms with Gasteiger partial charge in [-0.2, -0.15) is 0 Å². The minimum atomic E-state index is -0.0585. The topological polar surface area (TPSA) is 48.7 Å². The quantitative estimate of drug-likeness (QED) is 0.813. The average molecular weight is 317 g/mol. The van der Waals surface area contributed by atoms with Crippen LogP contribution in [0.3, 0.4) is 0 Å². The lowest BCUT2D eigenvalue weighted by Gasteiger charge is -2.32. The van der Waals surface area contributed by atoms with E-state index in [9.17, 15) is 4.79 Å². The zero-order valence-electron chi connectivity index (χ0n) is 14.1. The van der Waals surface area contributed by atoms with E-state index in [0.717, 1.165) is 50.2 Å². The van der Waals surface area contributed by atoms with Gasteiger partial charge in [0.05, 0.1) is 0 Å². The highest BCUT2D eigenvalue weighted by Gasteiger charge is 2.36. The van der Waals surface area contributed by atoms with Crippen LogP contribution in [0.4, 0.5) is 0 Å². The van der Waals surface area contributed by atoms with Crippen LogP contribution in [0.5, 0.6) is 0 Å². The third-order valence-corrected chi connectivity index (χ3v) is 4.84. The van der Waals surface area contributed by atoms with Crippen LogP contribution in [-0.4, -0.2) is 62.0 Å². The smallest absolute Gasteiger partial charge is 0.244 e. The number of piperazine rings is 1. The number of hydrogen-bond donors (Lipinski definition) is 1. The molecule has 1 N–H and O–H groups in total. The lowest BCUT2D eigenvalue weighted by atomic mass is 10.3. The third-order valence-electron chi connectivity index (χ3n) is 4.84. The van der Waals surface area contributed by atoms with Crippen molar-refractivity contribution in [3.63, 3.8) is 0 Å². The number of carbonyl (C=O) groups is 1. The van der Waals surface area contributed by atoms with Crippen LogP contribution in [0.25, 0.3) is 6.08 Å². The van der Waals surface area contributed by atoms with E-state index in [-0.39, 0.29) is 5.91 Å². The molecule has 2 heterocycles. The van der Waals surface area contributed by atoms with Crippen molar-refractivity contribution >= 4 is 12.0 Å². The second-order valence-electron chi connectivity index (χ2n) is 6.83. The number of rotatable bonds is 6. The van der Waals surface area contributed by atoms with E-state index in [2.05, 4.69) is 29.1 Å². The number of nitrogens with zero attached hydrogens (tertiary/aromatic N) is 2. The van der Waals surface area contributed by atoms with Crippen LogP contribution >= 0.6 is 0 Å². The second kappa shape index (κ2) is 7.32. The molecule has 1 saturated carbocycles. The van der Waals surface area contributed by atoms with Crippen LogP contribution in [0.15, 0.2) is 22.6 Å². The zero-order chi connectivity index (χ0) is 16.2. The van der Waals surface area contributed by atoms with Gasteiger partial charge in [0.25, 0.3) is 0 Å². The van der Waals surface area contributed by atoms with Gasteiger partial charge >= 0.3 is 0 Å². The largest absolute Gasteiger partial charge is 0.461 e. The Balaban J connectivity index is 1.36. The molecule has 1 aromatic rings. The highest BCUT2D eigenvalue weighted by atomic mass is 16.3. The predicted octanol–water partition coefficient (Wildman–Crippen LogP) is 1.78. The number of nitrogens with one attached hydrogen (secondary N) is 1. The SMILES string of the molecule is C[C@@H]1C[C@H]1c1ccc(/C=C/C(=O)NCCN2CCN(C)CC2)o1. The molecule has 1 saturated heterocycles. The maximum Gasteiger partial charge on any atom is 0.244 e. The van der Waals surface area contributed by atoms with Gasteiger partial charge in [-0.1, -0.05) is 6.92 Å². The molecule has 126 valence electrons. The molecular formula is C18H27N3O2. The van der Waals surface area contributed by atoms with E-state index >= 15 is 0 Å². The standard InChI is InChI=1S/C18H27N3O2/c1-14-13-16(14)17-5-3-15(23-17)4-6-18(22)19-7-8-21-11-9-20(2)10-12-21/h3-6,14,16H,7-13H2,1-2H3,(H,19,22)/b6-4+/t14-,16-/m1/s1. The summed E-state index contributed by atoms with van der Waals surface area (Å²) in [5, 5.41) is 2.94. The lowest BCUT2D eigenvalue weighted by Crippen LogP contribution is -2.46. The molecule has 0 bridgehead atoms. The van der Waals surface area contributed by atoms with Crippen molar-refractivity contribution in [2.75, 3.05) is 46.3 Å². The highest BCUT2D eigenvalue weighted by molar-refractivity contribution is 5.91. The van der Waals surface area contributed by atoms with Crippen molar-refractivity contribution in [3.05, 3.63) is 29.7 Å². The van der Waals surface area contributed by atoms with Crippen molar-refractivity contribution in [2.45, 2.75) is 19.3 Å². The summed E-state index contributed by atoms with van der Waals surface area (Å²) in [6, 6.07) is 3.97. The van der Waals surface area contributed by atoms with E-state index in [1.165, 1.54) is 6.42 Å². The Labute approximate surface area is 138 Å². The van der Waals surface area contributed by atoms with Gasteiger partial charge in [-0.3, -0.25) is 9.69 Å². The molecule has 0 unspecified atom stereocenters. The molecule has 1 aliphatic carbocycles. The van der Waals surface area contributed by atoms with Crippen molar-refractivity contribution in [2.24, 2.45) is 5.92 Å². The molecule has 0 spiro atoms. The first kappa shape index (κ1) is 16.3. The average Bonchev–Trinajstić information content (AvgIpc) is 3.09. The Bertz CT molecular complexity index is 558. The summed E-state index contributed by atoms with van der Waals surface area (Å²) in [4.78, 5) is 16.6. The Morgan fingerprint density at radius 3 is 2.78 bits per heavy atom. The predicted molar refractivity (Wildman–Crippen MR) is 91.2 cm³/mol. The van der Waals surface area contributed by atoms with E-state index < -0.39 is 0 Å². The Morgan fingerprint density at radius 2 is 2.09 bits per heavy atom. The van der Waals surface area contributed by atoms with Gasteiger partial charge in [0.15, 0.2) is 0 Å². The van der Waals surface area contributed by atoms with Gasteiger partial charge in [-0.05, 0) is 37.6 Å². The molecule has 0 aromatic carbocycles. The first-order valence-electron chi connectivity index (χ1n) is 8.58. The molecule has 5 heteroatoms. The number of carbonyl (C=O) groups excluding carboxylic acids is 1. The van der Waals surface area contributed by atoms with Gasteiger partial charge in [0.2, 0.25) is 5.91 Å². The van der Waals surface area contributed by atoms with Crippen LogP contribution in [-0.2, 0) is 4.79 Å². The maximum absolute atomic E-state index is 11.8. The molecular weight excluding hydrogens is 290 g/mol. The van der Waals surface area contributed by atoms with E-state index in [1.54, 1.807) is 12.2 Å². The second-order valence-corrected chi connectivity index (χ2v) is 6.83. The number of likely N-dealkylation sites (N-methyl/N-ethyl adjacent to an activating group) is 1. The summed E-state index contributed by atoms with van der Waals surface area (Å²) in [6.45, 7) is 8.21. The minimum Gasteiger partial charge on any atom is -0.461 e. The van der Waals surface area contributed by atoms with Crippen molar-refractivity contribution in [1.82, 2.24) is 15.1 Å². The van der Waals surface area contributed by atoms with Crippen molar-refractivity contribution in [1.29, 1.82) is 0 Å². The lowest BCUT2D eigenvalue weighted by molar-refractivity contribution is -0.116. The molecule has 1 aliphatic heterocycles. The molecule has 2 aliphatic rings. The summed E-state index contributed by atoms with van der Waals surface area (Å²) in [5.74, 6) is 3.06. The highest BCUT2D eigenvalue weighted by Crippen LogP contribution is 2.47. The van der Waals surface area contributed by atoms with Crippen LogP contribution < -0.4 is 5.32 Å². The van der Waals surface area contributed by atoms with Gasteiger partial charge in [-0.25, -0.2) is 0 Å². The third kappa shape index (κ3) is 4.69. The van der Waals surface area contributed by atoms with E-state index in [4.69, 9.17) is 4.42 Å². The maximum atomic E-state index is 11.8. The van der Waals surface area contributed by atoms with Crippen LogP contribution in [0.2, 0.25) is 0 Å². The summed E-state index contributed by atoms with van der Waals surface area (Å²) in [6.07, 6.45) is 4.52. The molecule has 3 rings (SSSR count). The van der Waals surface area contributed by atoms with Gasteiger partial charge in [0, 0.05) is 51.3 Å². The normalized spacial score (nSPS) is 25.8. The van der Waals surface area contributed by atoms with Crippen LogP contribution in [0, 0.1) is 5.92 Å². The van der Waals surface area contributed by atoms with Crippen molar-refractivity contribution < 1.29 is 9.21 Å². The monoisotopic (exact) mass is 317 g/mol. The van der Waals surface area contributed by atoms with Crippen LogP contribution in [0.1, 0.15) is 30.8 Å². The molecule has 0 radical (unpaired) electrons. The Hall–Kier alpha value is -1.59. The first-order chi connectivity index (χ1) is 11.1. The summed E-state index contributed by atoms with van der Waals surface area (Å²) in [5.41, 5.74) is 0. The summed E-state index contributed by atoms with van der Waals surface area (Å²) < 4.78 is 5.76. The fourth-order valence-corrected chi connectivity index (χ4v) is 3.00. The Morgan fingerprint density at radius 1 is 1.35 bits per heavy atom. The fraction of sp³-hybridized carbons (Fsp3) is 0.611. The molecule has 5 nitrogen and oxygen atoms in total. The van der Waals surface area contributed by atoms with E-state index in [1.807, 2.05) is 12.1 Å². The minimum absolute atomic E-state index is 0.0585. The summed E-state index contributed by atoms with van der Waals surface area (Å²) in [7, 11) is 2.15. The van der Waals surface area contributed by atoms with Gasteiger partial charge in [0.1, 0.15) is 11.5 Å².